The van der Waals surface area contributed by atoms with Crippen LogP contribution in [0.15, 0.2) is 18.2 Å². The SMILES string of the molecule is COc1ccc(O)c(CNC2(C)CCCOC2)c1. The maximum absolute atomic E-state index is 9.82. The molecule has 18 heavy (non-hydrogen) atoms. The van der Waals surface area contributed by atoms with Gasteiger partial charge in [-0.3, -0.25) is 0 Å². The number of phenolic OH excluding ortho intramolecular Hbond substituents is 1. The molecule has 1 unspecified atom stereocenters. The first-order valence-corrected chi connectivity index (χ1v) is 6.32. The number of aromatic hydroxyl groups is 1. The Kier molecular flexibility index (Phi) is 4.09. The Bertz CT molecular complexity index is 400. The van der Waals surface area contributed by atoms with Crippen LogP contribution in [0, 0.1) is 0 Å². The first-order valence-electron chi connectivity index (χ1n) is 6.32. The van der Waals surface area contributed by atoms with E-state index in [0.717, 1.165) is 37.4 Å². The van der Waals surface area contributed by atoms with Crippen molar-refractivity contribution in [1.82, 2.24) is 5.32 Å². The second kappa shape index (κ2) is 5.59. The van der Waals surface area contributed by atoms with E-state index in [1.54, 1.807) is 19.2 Å². The van der Waals surface area contributed by atoms with Gasteiger partial charge in [0, 0.05) is 24.3 Å². The van der Waals surface area contributed by atoms with Gasteiger partial charge in [-0.25, -0.2) is 0 Å². The molecule has 0 aliphatic carbocycles. The third-order valence-corrected chi connectivity index (χ3v) is 3.43. The number of nitrogens with one attached hydrogen (secondary N) is 1. The molecule has 4 heteroatoms. The van der Waals surface area contributed by atoms with E-state index in [-0.39, 0.29) is 5.54 Å². The van der Waals surface area contributed by atoms with Crippen molar-refractivity contribution in [2.24, 2.45) is 0 Å². The summed E-state index contributed by atoms with van der Waals surface area (Å²) in [5.41, 5.74) is 0.842. The van der Waals surface area contributed by atoms with Crippen molar-refractivity contribution in [2.45, 2.75) is 31.8 Å². The largest absolute Gasteiger partial charge is 0.508 e. The average Bonchev–Trinajstić information content (AvgIpc) is 2.39. The maximum atomic E-state index is 9.82. The molecule has 0 saturated carbocycles. The van der Waals surface area contributed by atoms with E-state index < -0.39 is 0 Å². The first-order chi connectivity index (χ1) is 8.63. The van der Waals surface area contributed by atoms with Crippen LogP contribution in [0.3, 0.4) is 0 Å². The zero-order valence-electron chi connectivity index (χ0n) is 11.0. The molecule has 100 valence electrons. The molecule has 1 aromatic carbocycles. The van der Waals surface area contributed by atoms with Crippen LogP contribution in [-0.2, 0) is 11.3 Å². The van der Waals surface area contributed by atoms with Crippen molar-refractivity contribution in [2.75, 3.05) is 20.3 Å². The molecule has 1 fully saturated rings. The van der Waals surface area contributed by atoms with Crippen LogP contribution < -0.4 is 10.1 Å². The van der Waals surface area contributed by atoms with Crippen LogP contribution >= 0.6 is 0 Å². The van der Waals surface area contributed by atoms with Gasteiger partial charge in [0.1, 0.15) is 11.5 Å². The van der Waals surface area contributed by atoms with Crippen LogP contribution in [0.4, 0.5) is 0 Å². The lowest BCUT2D eigenvalue weighted by molar-refractivity contribution is 0.0277. The maximum Gasteiger partial charge on any atom is 0.120 e. The van der Waals surface area contributed by atoms with Gasteiger partial charge in [0.25, 0.3) is 0 Å². The van der Waals surface area contributed by atoms with E-state index in [4.69, 9.17) is 9.47 Å². The van der Waals surface area contributed by atoms with Crippen molar-refractivity contribution in [3.8, 4) is 11.5 Å². The summed E-state index contributed by atoms with van der Waals surface area (Å²) < 4.78 is 10.7. The summed E-state index contributed by atoms with van der Waals surface area (Å²) in [6.07, 6.45) is 2.17. The molecule has 1 heterocycles. The second-order valence-electron chi connectivity index (χ2n) is 5.06. The molecule has 1 aromatic rings. The molecule has 0 bridgehead atoms. The zero-order chi connectivity index (χ0) is 13.0. The Morgan fingerprint density at radius 1 is 1.50 bits per heavy atom. The van der Waals surface area contributed by atoms with E-state index in [1.165, 1.54) is 0 Å². The molecule has 2 rings (SSSR count). The molecule has 0 aromatic heterocycles. The minimum Gasteiger partial charge on any atom is -0.508 e. The van der Waals surface area contributed by atoms with Gasteiger partial charge in [-0.2, -0.15) is 0 Å². The third kappa shape index (κ3) is 3.15. The number of rotatable bonds is 4. The lowest BCUT2D eigenvalue weighted by atomic mass is 9.94. The molecule has 0 spiro atoms. The minimum absolute atomic E-state index is 0.00618. The normalized spacial score (nSPS) is 23.9. The van der Waals surface area contributed by atoms with Crippen molar-refractivity contribution < 1.29 is 14.6 Å². The Morgan fingerprint density at radius 3 is 3.00 bits per heavy atom. The topological polar surface area (TPSA) is 50.7 Å². The number of methoxy groups -OCH3 is 1. The van der Waals surface area contributed by atoms with Gasteiger partial charge < -0.3 is 19.9 Å². The molecule has 0 amide bonds. The predicted molar refractivity (Wildman–Crippen MR) is 70.0 cm³/mol. The van der Waals surface area contributed by atoms with Crippen LogP contribution in [0.5, 0.6) is 11.5 Å². The number of ether oxygens (including phenoxy) is 2. The highest BCUT2D eigenvalue weighted by Crippen LogP contribution is 2.25. The highest BCUT2D eigenvalue weighted by atomic mass is 16.5. The molecular weight excluding hydrogens is 230 g/mol. The van der Waals surface area contributed by atoms with E-state index in [2.05, 4.69) is 12.2 Å². The summed E-state index contributed by atoms with van der Waals surface area (Å²) in [5, 5.41) is 13.3. The summed E-state index contributed by atoms with van der Waals surface area (Å²) in [5.74, 6) is 1.05. The van der Waals surface area contributed by atoms with Crippen LogP contribution in [0.1, 0.15) is 25.3 Å². The zero-order valence-corrected chi connectivity index (χ0v) is 11.0. The molecule has 1 aliphatic rings. The Labute approximate surface area is 108 Å². The standard InChI is InChI=1S/C14H21NO3/c1-14(6-3-7-18-10-14)15-9-11-8-12(17-2)4-5-13(11)16/h4-5,8,15-16H,3,6-7,9-10H2,1-2H3. The van der Waals surface area contributed by atoms with Gasteiger partial charge in [-0.1, -0.05) is 0 Å². The van der Waals surface area contributed by atoms with Gasteiger partial charge in [-0.05, 0) is 38.0 Å². The Morgan fingerprint density at radius 2 is 2.33 bits per heavy atom. The van der Waals surface area contributed by atoms with Crippen LogP contribution in [0.2, 0.25) is 0 Å². The quantitative estimate of drug-likeness (QED) is 0.860. The minimum atomic E-state index is -0.00618. The third-order valence-electron chi connectivity index (χ3n) is 3.43. The highest BCUT2D eigenvalue weighted by molar-refractivity contribution is 5.39. The smallest absolute Gasteiger partial charge is 0.120 e. The fourth-order valence-corrected chi connectivity index (χ4v) is 2.21. The fourth-order valence-electron chi connectivity index (χ4n) is 2.21. The summed E-state index contributed by atoms with van der Waals surface area (Å²) in [6, 6.07) is 5.27. The molecule has 1 atom stereocenters. The molecule has 2 N–H and O–H groups in total. The molecule has 4 nitrogen and oxygen atoms in total. The fraction of sp³-hybridized carbons (Fsp3) is 0.571. The Balaban J connectivity index is 2.00. The number of hydrogen-bond donors (Lipinski definition) is 2. The van der Waals surface area contributed by atoms with Crippen LogP contribution in [0.25, 0.3) is 0 Å². The van der Waals surface area contributed by atoms with Crippen LogP contribution in [-0.4, -0.2) is 31.0 Å². The lowest BCUT2D eigenvalue weighted by Gasteiger charge is -2.34. The van der Waals surface area contributed by atoms with Gasteiger partial charge in [0.15, 0.2) is 0 Å². The van der Waals surface area contributed by atoms with Crippen molar-refractivity contribution >= 4 is 0 Å². The predicted octanol–water partition coefficient (Wildman–Crippen LogP) is 2.06. The summed E-state index contributed by atoms with van der Waals surface area (Å²) in [6.45, 7) is 4.34. The molecule has 0 radical (unpaired) electrons. The Hall–Kier alpha value is -1.26. The highest BCUT2D eigenvalue weighted by Gasteiger charge is 2.26. The second-order valence-corrected chi connectivity index (χ2v) is 5.06. The average molecular weight is 251 g/mol. The number of hydrogen-bond acceptors (Lipinski definition) is 4. The van der Waals surface area contributed by atoms with E-state index in [0.29, 0.717) is 12.3 Å². The van der Waals surface area contributed by atoms with Crippen molar-refractivity contribution in [1.29, 1.82) is 0 Å². The summed E-state index contributed by atoms with van der Waals surface area (Å²) in [4.78, 5) is 0. The monoisotopic (exact) mass is 251 g/mol. The lowest BCUT2D eigenvalue weighted by Crippen LogP contribution is -2.48. The summed E-state index contributed by atoms with van der Waals surface area (Å²) in [7, 11) is 1.62. The number of benzene rings is 1. The van der Waals surface area contributed by atoms with Gasteiger partial charge in [0.2, 0.25) is 0 Å². The van der Waals surface area contributed by atoms with Gasteiger partial charge in [-0.15, -0.1) is 0 Å². The molecule has 1 aliphatic heterocycles. The first kappa shape index (κ1) is 13.2. The molecule has 1 saturated heterocycles. The van der Waals surface area contributed by atoms with Crippen molar-refractivity contribution in [3.63, 3.8) is 0 Å². The van der Waals surface area contributed by atoms with Gasteiger partial charge in [0.05, 0.1) is 13.7 Å². The van der Waals surface area contributed by atoms with E-state index in [9.17, 15) is 5.11 Å². The summed E-state index contributed by atoms with van der Waals surface area (Å²) >= 11 is 0. The van der Waals surface area contributed by atoms with E-state index in [1.807, 2.05) is 6.07 Å². The van der Waals surface area contributed by atoms with E-state index >= 15 is 0 Å². The van der Waals surface area contributed by atoms with Gasteiger partial charge >= 0.3 is 0 Å². The van der Waals surface area contributed by atoms with Crippen molar-refractivity contribution in [3.05, 3.63) is 23.8 Å². The number of phenols is 1. The molecular formula is C14H21NO3.